The van der Waals surface area contributed by atoms with Gasteiger partial charge < -0.3 is 10.5 Å². The third-order valence-corrected chi connectivity index (χ3v) is 6.59. The van der Waals surface area contributed by atoms with Gasteiger partial charge >= 0.3 is 0 Å². The van der Waals surface area contributed by atoms with Crippen molar-refractivity contribution in [2.45, 2.75) is 58.8 Å². The van der Waals surface area contributed by atoms with E-state index in [0.717, 1.165) is 35.6 Å². The van der Waals surface area contributed by atoms with Crippen LogP contribution in [-0.2, 0) is 0 Å². The zero-order valence-electron chi connectivity index (χ0n) is 16.3. The first-order chi connectivity index (χ1) is 12.1. The van der Waals surface area contributed by atoms with Crippen LogP contribution in [0.4, 0.5) is 5.69 Å². The standard InChI is InChI=1S/C22H34N2O/c1-5-15(3)17-8-6-14(2)12-20(17)22-18(10-11-23)19-13-16(25-4)7-9-21(19)24-22/h7,9,13-15,17-18,20H,5-6,8,10-12,23H2,1-4H3/t14-,15-,17?,18?,20-/m1/s1. The Morgan fingerprint density at radius 2 is 2.12 bits per heavy atom. The Morgan fingerprint density at radius 3 is 2.80 bits per heavy atom. The van der Waals surface area contributed by atoms with Gasteiger partial charge in [-0.15, -0.1) is 0 Å². The molecule has 0 radical (unpaired) electrons. The van der Waals surface area contributed by atoms with Crippen molar-refractivity contribution in [3.8, 4) is 5.75 Å². The van der Waals surface area contributed by atoms with Crippen molar-refractivity contribution in [1.82, 2.24) is 0 Å². The third kappa shape index (κ3) is 3.62. The minimum Gasteiger partial charge on any atom is -0.497 e. The van der Waals surface area contributed by atoms with Crippen molar-refractivity contribution in [3.63, 3.8) is 0 Å². The Kier molecular flexibility index (Phi) is 5.83. The highest BCUT2D eigenvalue weighted by Gasteiger charge is 2.40. The molecule has 1 aromatic carbocycles. The first-order valence-electron chi connectivity index (χ1n) is 10.0. The summed E-state index contributed by atoms with van der Waals surface area (Å²) in [6, 6.07) is 6.33. The fourth-order valence-corrected chi connectivity index (χ4v) is 4.96. The highest BCUT2D eigenvalue weighted by Crippen LogP contribution is 2.48. The van der Waals surface area contributed by atoms with Crippen LogP contribution >= 0.6 is 0 Å². The van der Waals surface area contributed by atoms with Crippen molar-refractivity contribution < 1.29 is 4.74 Å². The first kappa shape index (κ1) is 18.4. The van der Waals surface area contributed by atoms with Crippen molar-refractivity contribution in [3.05, 3.63) is 23.8 Å². The molecule has 138 valence electrons. The average molecular weight is 343 g/mol. The maximum atomic E-state index is 5.99. The maximum Gasteiger partial charge on any atom is 0.119 e. The Labute approximate surface area is 153 Å². The predicted molar refractivity (Wildman–Crippen MR) is 106 cm³/mol. The van der Waals surface area contributed by atoms with Crippen LogP contribution in [0.3, 0.4) is 0 Å². The molecule has 25 heavy (non-hydrogen) atoms. The van der Waals surface area contributed by atoms with E-state index in [2.05, 4.69) is 32.9 Å². The molecule has 2 unspecified atom stereocenters. The molecule has 0 aromatic heterocycles. The molecule has 2 aliphatic rings. The quantitative estimate of drug-likeness (QED) is 0.761. The molecule has 3 heteroatoms. The smallest absolute Gasteiger partial charge is 0.119 e. The minimum absolute atomic E-state index is 0.372. The molecule has 1 fully saturated rings. The van der Waals surface area contributed by atoms with Crippen molar-refractivity contribution in [2.24, 2.45) is 34.4 Å². The van der Waals surface area contributed by atoms with Crippen LogP contribution in [0.2, 0.25) is 0 Å². The molecule has 1 aliphatic heterocycles. The SMILES string of the molecule is CC[C@@H](C)C1CC[C@@H](C)C[C@H]1C1=Nc2ccc(OC)cc2C1CCN. The minimum atomic E-state index is 0.372. The molecule has 0 spiro atoms. The van der Waals surface area contributed by atoms with E-state index in [0.29, 0.717) is 18.4 Å². The second-order valence-electron chi connectivity index (χ2n) is 8.17. The van der Waals surface area contributed by atoms with Crippen molar-refractivity contribution in [2.75, 3.05) is 13.7 Å². The summed E-state index contributed by atoms with van der Waals surface area (Å²) in [4.78, 5) is 5.16. The van der Waals surface area contributed by atoms with Crippen LogP contribution in [0, 0.1) is 23.7 Å². The molecule has 2 N–H and O–H groups in total. The number of hydrogen-bond acceptors (Lipinski definition) is 3. The Bertz CT molecular complexity index is 624. The number of nitrogens with zero attached hydrogens (tertiary/aromatic N) is 1. The number of fused-ring (bicyclic) bond motifs is 1. The van der Waals surface area contributed by atoms with Crippen LogP contribution in [0.5, 0.6) is 5.75 Å². The van der Waals surface area contributed by atoms with Gasteiger partial charge in [0.25, 0.3) is 0 Å². The molecule has 5 atom stereocenters. The Morgan fingerprint density at radius 1 is 1.32 bits per heavy atom. The molecule has 1 aliphatic carbocycles. The summed E-state index contributed by atoms with van der Waals surface area (Å²) in [6.07, 6.45) is 6.22. The van der Waals surface area contributed by atoms with Crippen LogP contribution in [0.25, 0.3) is 0 Å². The Hall–Kier alpha value is -1.35. The molecule has 3 rings (SSSR count). The fraction of sp³-hybridized carbons (Fsp3) is 0.682. The van der Waals surface area contributed by atoms with Crippen LogP contribution in [0.1, 0.15) is 64.4 Å². The molecule has 0 saturated heterocycles. The zero-order chi connectivity index (χ0) is 18.0. The van der Waals surface area contributed by atoms with Gasteiger partial charge in [0, 0.05) is 17.5 Å². The summed E-state index contributed by atoms with van der Waals surface area (Å²) < 4.78 is 5.46. The normalized spacial score (nSPS) is 29.9. The number of methoxy groups -OCH3 is 1. The number of benzene rings is 1. The van der Waals surface area contributed by atoms with Crippen molar-refractivity contribution in [1.29, 1.82) is 0 Å². The number of aliphatic imine (C=N–C) groups is 1. The molecule has 0 bridgehead atoms. The van der Waals surface area contributed by atoms with Crippen LogP contribution in [-0.4, -0.2) is 19.4 Å². The number of ether oxygens (including phenoxy) is 1. The summed E-state index contributed by atoms with van der Waals surface area (Å²) in [5.74, 6) is 4.22. The van der Waals surface area contributed by atoms with Gasteiger partial charge in [-0.3, -0.25) is 4.99 Å². The van der Waals surface area contributed by atoms with E-state index in [-0.39, 0.29) is 0 Å². The molecule has 3 nitrogen and oxygen atoms in total. The lowest BCUT2D eigenvalue weighted by Gasteiger charge is -2.40. The second kappa shape index (κ2) is 7.90. The van der Waals surface area contributed by atoms with E-state index >= 15 is 0 Å². The number of nitrogens with two attached hydrogens (primary N) is 1. The van der Waals surface area contributed by atoms with Gasteiger partial charge in [0.2, 0.25) is 0 Å². The molecular weight excluding hydrogens is 308 g/mol. The third-order valence-electron chi connectivity index (χ3n) is 6.59. The average Bonchev–Trinajstić information content (AvgIpc) is 2.99. The zero-order valence-corrected chi connectivity index (χ0v) is 16.3. The summed E-state index contributed by atoms with van der Waals surface area (Å²) >= 11 is 0. The fourth-order valence-electron chi connectivity index (χ4n) is 4.96. The van der Waals surface area contributed by atoms with Crippen LogP contribution in [0.15, 0.2) is 23.2 Å². The van der Waals surface area contributed by atoms with E-state index in [1.807, 2.05) is 6.07 Å². The summed E-state index contributed by atoms with van der Waals surface area (Å²) in [6.45, 7) is 7.87. The van der Waals surface area contributed by atoms with Gasteiger partial charge in [-0.05, 0) is 67.3 Å². The van der Waals surface area contributed by atoms with E-state index in [1.165, 1.54) is 37.0 Å². The largest absolute Gasteiger partial charge is 0.497 e. The summed E-state index contributed by atoms with van der Waals surface area (Å²) in [7, 11) is 1.73. The summed E-state index contributed by atoms with van der Waals surface area (Å²) in [5, 5.41) is 0. The lowest BCUT2D eigenvalue weighted by molar-refractivity contribution is 0.176. The number of hydrogen-bond donors (Lipinski definition) is 1. The van der Waals surface area contributed by atoms with Gasteiger partial charge in [-0.25, -0.2) is 0 Å². The van der Waals surface area contributed by atoms with Crippen LogP contribution < -0.4 is 10.5 Å². The lowest BCUT2D eigenvalue weighted by atomic mass is 9.65. The van der Waals surface area contributed by atoms with Gasteiger partial charge in [-0.1, -0.05) is 33.6 Å². The first-order valence-corrected chi connectivity index (χ1v) is 10.0. The van der Waals surface area contributed by atoms with E-state index in [1.54, 1.807) is 7.11 Å². The maximum absolute atomic E-state index is 5.99. The molecule has 0 amide bonds. The molecule has 1 aromatic rings. The molecule has 1 saturated carbocycles. The topological polar surface area (TPSA) is 47.6 Å². The summed E-state index contributed by atoms with van der Waals surface area (Å²) in [5.41, 5.74) is 9.85. The van der Waals surface area contributed by atoms with E-state index in [4.69, 9.17) is 15.5 Å². The lowest BCUT2D eigenvalue weighted by Crippen LogP contribution is -2.36. The Balaban J connectivity index is 1.95. The van der Waals surface area contributed by atoms with Gasteiger partial charge in [0.15, 0.2) is 0 Å². The molecular formula is C22H34N2O. The monoisotopic (exact) mass is 342 g/mol. The molecule has 1 heterocycles. The van der Waals surface area contributed by atoms with Gasteiger partial charge in [0.05, 0.1) is 12.8 Å². The highest BCUT2D eigenvalue weighted by atomic mass is 16.5. The predicted octanol–water partition coefficient (Wildman–Crippen LogP) is 5.31. The van der Waals surface area contributed by atoms with E-state index in [9.17, 15) is 0 Å². The second-order valence-corrected chi connectivity index (χ2v) is 8.17. The van der Waals surface area contributed by atoms with E-state index < -0.39 is 0 Å². The van der Waals surface area contributed by atoms with Gasteiger partial charge in [0.1, 0.15) is 5.75 Å². The van der Waals surface area contributed by atoms with Gasteiger partial charge in [-0.2, -0.15) is 0 Å². The highest BCUT2D eigenvalue weighted by molar-refractivity contribution is 6.00. The number of rotatable bonds is 6. The van der Waals surface area contributed by atoms with Crippen molar-refractivity contribution >= 4 is 11.4 Å².